The van der Waals surface area contributed by atoms with Crippen LogP contribution in [-0.2, 0) is 0 Å². The van der Waals surface area contributed by atoms with Gasteiger partial charge in [0.25, 0.3) is 0 Å². The molecule has 2 aromatic rings. The van der Waals surface area contributed by atoms with E-state index in [9.17, 15) is 5.11 Å². The molecule has 2 aromatic carbocycles. The van der Waals surface area contributed by atoms with Crippen molar-refractivity contribution in [2.45, 2.75) is 0 Å². The van der Waals surface area contributed by atoms with Crippen LogP contribution in [0.2, 0.25) is 10.0 Å². The van der Waals surface area contributed by atoms with Gasteiger partial charge in [-0.15, -0.1) is 0 Å². The van der Waals surface area contributed by atoms with Crippen LogP contribution >= 0.6 is 23.2 Å². The van der Waals surface area contributed by atoms with Gasteiger partial charge in [-0.3, -0.25) is 0 Å². The summed E-state index contributed by atoms with van der Waals surface area (Å²) in [5.41, 5.74) is 0. The van der Waals surface area contributed by atoms with Crippen molar-refractivity contribution in [1.29, 1.82) is 0 Å². The lowest BCUT2D eigenvalue weighted by Crippen LogP contribution is -1.75. The molecule has 0 saturated heterocycles. The van der Waals surface area contributed by atoms with Gasteiger partial charge < -0.3 is 5.11 Å². The van der Waals surface area contributed by atoms with Crippen LogP contribution in [0.25, 0.3) is 10.8 Å². The van der Waals surface area contributed by atoms with Gasteiger partial charge in [-0.1, -0.05) is 29.3 Å². The molecule has 0 heterocycles. The Bertz CT molecular complexity index is 466. The quantitative estimate of drug-likeness (QED) is 0.704. The first-order valence-electron chi connectivity index (χ1n) is 3.75. The van der Waals surface area contributed by atoms with Crippen molar-refractivity contribution >= 4 is 34.0 Å². The van der Waals surface area contributed by atoms with Crippen molar-refractivity contribution in [2.75, 3.05) is 0 Å². The Morgan fingerprint density at radius 2 is 1.77 bits per heavy atom. The molecule has 0 amide bonds. The molecule has 0 unspecified atom stereocenters. The summed E-state index contributed by atoms with van der Waals surface area (Å²) in [5, 5.41) is 12.2. The summed E-state index contributed by atoms with van der Waals surface area (Å²) in [5.74, 6) is 0.107. The van der Waals surface area contributed by atoms with Crippen LogP contribution in [0.4, 0.5) is 0 Å². The molecule has 0 fully saturated rings. The van der Waals surface area contributed by atoms with Crippen LogP contribution in [0, 0.1) is 0 Å². The third-order valence-electron chi connectivity index (χ3n) is 1.90. The van der Waals surface area contributed by atoms with Crippen LogP contribution in [0.15, 0.2) is 30.3 Å². The van der Waals surface area contributed by atoms with E-state index in [0.29, 0.717) is 10.0 Å². The van der Waals surface area contributed by atoms with E-state index >= 15 is 0 Å². The number of hydrogen-bond donors (Lipinski definition) is 1. The topological polar surface area (TPSA) is 20.2 Å². The molecular weight excluding hydrogens is 207 g/mol. The van der Waals surface area contributed by atoms with Crippen molar-refractivity contribution in [3.8, 4) is 5.75 Å². The zero-order valence-corrected chi connectivity index (χ0v) is 8.10. The predicted molar refractivity (Wildman–Crippen MR) is 55.6 cm³/mol. The van der Waals surface area contributed by atoms with E-state index < -0.39 is 0 Å². The van der Waals surface area contributed by atoms with E-state index in [1.165, 1.54) is 0 Å². The van der Waals surface area contributed by atoms with Crippen molar-refractivity contribution in [1.82, 2.24) is 0 Å². The van der Waals surface area contributed by atoms with E-state index in [1.54, 1.807) is 24.3 Å². The average Bonchev–Trinajstić information content (AvgIpc) is 2.12. The lowest BCUT2D eigenvalue weighted by atomic mass is 10.1. The van der Waals surface area contributed by atoms with E-state index in [0.717, 1.165) is 10.8 Å². The smallest absolute Gasteiger partial charge is 0.141 e. The Kier molecular flexibility index (Phi) is 2.06. The van der Waals surface area contributed by atoms with Crippen molar-refractivity contribution in [3.05, 3.63) is 40.4 Å². The molecule has 66 valence electrons. The Balaban J connectivity index is 2.87. The number of fused-ring (bicyclic) bond motifs is 1. The van der Waals surface area contributed by atoms with Gasteiger partial charge in [0.1, 0.15) is 5.75 Å². The second kappa shape index (κ2) is 3.09. The fourth-order valence-electron chi connectivity index (χ4n) is 1.26. The molecule has 0 atom stereocenters. The first-order valence-corrected chi connectivity index (χ1v) is 4.51. The monoisotopic (exact) mass is 212 g/mol. The normalized spacial score (nSPS) is 10.6. The lowest BCUT2D eigenvalue weighted by Gasteiger charge is -2.02. The molecule has 0 saturated carbocycles. The second-order valence-corrected chi connectivity index (χ2v) is 3.61. The molecule has 1 nitrogen and oxygen atoms in total. The molecular formula is C10H6Cl2O. The van der Waals surface area contributed by atoms with Gasteiger partial charge in [0.05, 0.1) is 5.02 Å². The highest BCUT2D eigenvalue weighted by atomic mass is 35.5. The number of halogens is 2. The number of phenols is 1. The van der Waals surface area contributed by atoms with Crippen molar-refractivity contribution in [3.63, 3.8) is 0 Å². The molecule has 0 bridgehead atoms. The Morgan fingerprint density at radius 1 is 1.00 bits per heavy atom. The molecule has 0 aliphatic heterocycles. The first-order chi connectivity index (χ1) is 6.18. The zero-order valence-electron chi connectivity index (χ0n) is 6.59. The van der Waals surface area contributed by atoms with Gasteiger partial charge in [-0.05, 0) is 29.7 Å². The number of rotatable bonds is 0. The van der Waals surface area contributed by atoms with Gasteiger partial charge >= 0.3 is 0 Å². The summed E-state index contributed by atoms with van der Waals surface area (Å²) in [7, 11) is 0. The summed E-state index contributed by atoms with van der Waals surface area (Å²) in [6.45, 7) is 0. The molecule has 0 aromatic heterocycles. The van der Waals surface area contributed by atoms with Crippen molar-refractivity contribution in [2.24, 2.45) is 0 Å². The van der Waals surface area contributed by atoms with Crippen LogP contribution < -0.4 is 0 Å². The minimum Gasteiger partial charge on any atom is -0.506 e. The molecule has 1 N–H and O–H groups in total. The van der Waals surface area contributed by atoms with Crippen LogP contribution in [0.3, 0.4) is 0 Å². The van der Waals surface area contributed by atoms with Crippen LogP contribution in [0.1, 0.15) is 0 Å². The lowest BCUT2D eigenvalue weighted by molar-refractivity contribution is 0.482. The fraction of sp³-hybridized carbons (Fsp3) is 0. The SMILES string of the molecule is Oc1c(Cl)ccc2cc(Cl)ccc12. The number of benzene rings is 2. The minimum absolute atomic E-state index is 0.107. The van der Waals surface area contributed by atoms with Crippen molar-refractivity contribution < 1.29 is 5.11 Å². The molecule has 0 spiro atoms. The Morgan fingerprint density at radius 3 is 2.54 bits per heavy atom. The molecule has 3 heteroatoms. The summed E-state index contributed by atoms with van der Waals surface area (Å²) in [4.78, 5) is 0. The second-order valence-electron chi connectivity index (χ2n) is 2.76. The molecule has 0 aliphatic rings. The molecule has 13 heavy (non-hydrogen) atoms. The largest absolute Gasteiger partial charge is 0.506 e. The van der Waals surface area contributed by atoms with Crippen LogP contribution in [0.5, 0.6) is 5.75 Å². The van der Waals surface area contributed by atoms with Gasteiger partial charge in [-0.25, -0.2) is 0 Å². The third-order valence-corrected chi connectivity index (χ3v) is 2.44. The summed E-state index contributed by atoms with van der Waals surface area (Å²) in [6, 6.07) is 8.73. The number of aromatic hydroxyl groups is 1. The maximum absolute atomic E-state index is 9.57. The van der Waals surface area contributed by atoms with Gasteiger partial charge in [0.15, 0.2) is 0 Å². The van der Waals surface area contributed by atoms with Crippen LogP contribution in [-0.4, -0.2) is 5.11 Å². The van der Waals surface area contributed by atoms with E-state index in [2.05, 4.69) is 0 Å². The van der Waals surface area contributed by atoms with Gasteiger partial charge in [-0.2, -0.15) is 0 Å². The summed E-state index contributed by atoms with van der Waals surface area (Å²) < 4.78 is 0. The maximum atomic E-state index is 9.57. The highest BCUT2D eigenvalue weighted by Crippen LogP contribution is 2.33. The highest BCUT2D eigenvalue weighted by molar-refractivity contribution is 6.34. The summed E-state index contributed by atoms with van der Waals surface area (Å²) >= 11 is 11.5. The van der Waals surface area contributed by atoms with E-state index in [4.69, 9.17) is 23.2 Å². The number of hydrogen-bond acceptors (Lipinski definition) is 1. The fourth-order valence-corrected chi connectivity index (χ4v) is 1.60. The Hall–Kier alpha value is -0.920. The molecule has 0 radical (unpaired) electrons. The first kappa shape index (κ1) is 8.67. The van der Waals surface area contributed by atoms with E-state index in [1.807, 2.05) is 6.07 Å². The molecule has 2 rings (SSSR count). The average molecular weight is 213 g/mol. The summed E-state index contributed by atoms with van der Waals surface area (Å²) in [6.07, 6.45) is 0. The zero-order chi connectivity index (χ0) is 9.42. The van der Waals surface area contributed by atoms with E-state index in [-0.39, 0.29) is 5.75 Å². The third kappa shape index (κ3) is 1.45. The predicted octanol–water partition coefficient (Wildman–Crippen LogP) is 3.85. The standard InChI is InChI=1S/C10H6Cl2O/c11-7-2-3-8-6(5-7)1-4-9(12)10(8)13/h1-5,13H. The van der Waals surface area contributed by atoms with Gasteiger partial charge in [0.2, 0.25) is 0 Å². The minimum atomic E-state index is 0.107. The number of phenolic OH excluding ortho intramolecular Hbond substituents is 1. The Labute approximate surface area is 85.5 Å². The molecule has 0 aliphatic carbocycles. The van der Waals surface area contributed by atoms with Gasteiger partial charge in [0, 0.05) is 10.4 Å². The maximum Gasteiger partial charge on any atom is 0.141 e. The highest BCUT2D eigenvalue weighted by Gasteiger charge is 2.03.